The summed E-state index contributed by atoms with van der Waals surface area (Å²) in [4.78, 5) is 2.20. The van der Waals surface area contributed by atoms with Crippen LogP contribution in [0.3, 0.4) is 0 Å². The molecule has 0 unspecified atom stereocenters. The summed E-state index contributed by atoms with van der Waals surface area (Å²) in [7, 11) is 0. The molecular formula is C19H23N4OPS2. The van der Waals surface area contributed by atoms with Crippen molar-refractivity contribution in [1.29, 1.82) is 5.26 Å². The van der Waals surface area contributed by atoms with Crippen LogP contribution < -0.4 is 0 Å². The van der Waals surface area contributed by atoms with Crippen molar-refractivity contribution in [3.8, 4) is 6.07 Å². The van der Waals surface area contributed by atoms with Crippen molar-refractivity contribution in [3.05, 3.63) is 47.2 Å². The van der Waals surface area contributed by atoms with E-state index in [9.17, 15) is 5.26 Å². The van der Waals surface area contributed by atoms with Gasteiger partial charge in [0.1, 0.15) is 11.6 Å². The van der Waals surface area contributed by atoms with Crippen LogP contribution in [0.5, 0.6) is 0 Å². The van der Waals surface area contributed by atoms with Gasteiger partial charge in [-0.25, -0.2) is 4.76 Å². The Balaban J connectivity index is 1.68. The number of nitrogens with zero attached hydrogens (tertiary/aromatic N) is 4. The fourth-order valence-corrected chi connectivity index (χ4v) is 9.39. The summed E-state index contributed by atoms with van der Waals surface area (Å²) in [6.45, 7) is 3.82. The molecule has 0 radical (unpaired) electrons. The van der Waals surface area contributed by atoms with Crippen LogP contribution in [0.2, 0.25) is 0 Å². The van der Waals surface area contributed by atoms with E-state index in [0.717, 1.165) is 61.8 Å². The smallest absolute Gasteiger partial charge is 0.200 e. The van der Waals surface area contributed by atoms with E-state index in [4.69, 9.17) is 21.3 Å². The second-order valence-corrected chi connectivity index (χ2v) is 13.5. The van der Waals surface area contributed by atoms with Gasteiger partial charge in [0.25, 0.3) is 0 Å². The number of benzene rings is 1. The first-order chi connectivity index (χ1) is 13.2. The SMILES string of the molecule is N#CC1=C2CCCCN2[P@@](=S)(SCc2ccccc2)N=C1N1CCOCC1. The Kier molecular flexibility index (Phi) is 5.89. The van der Waals surface area contributed by atoms with Crippen LogP contribution in [0.15, 0.2) is 46.4 Å². The van der Waals surface area contributed by atoms with Crippen molar-refractivity contribution in [2.75, 3.05) is 32.8 Å². The molecule has 3 heterocycles. The summed E-state index contributed by atoms with van der Waals surface area (Å²) in [5, 5.41) is 9.91. The highest BCUT2D eigenvalue weighted by molar-refractivity contribution is 8.69. The second-order valence-electron chi connectivity index (χ2n) is 6.79. The zero-order chi connectivity index (χ0) is 18.7. The van der Waals surface area contributed by atoms with Crippen molar-refractivity contribution >= 4 is 34.6 Å². The average Bonchev–Trinajstić information content (AvgIpc) is 2.74. The maximum Gasteiger partial charge on any atom is 0.200 e. The minimum atomic E-state index is -2.20. The molecule has 0 bridgehead atoms. The summed E-state index contributed by atoms with van der Waals surface area (Å²) in [6.07, 6.45) is 3.16. The Morgan fingerprint density at radius 3 is 2.70 bits per heavy atom. The molecule has 0 spiro atoms. The maximum atomic E-state index is 9.91. The molecule has 8 heteroatoms. The third-order valence-electron chi connectivity index (χ3n) is 5.05. The van der Waals surface area contributed by atoms with Crippen LogP contribution in [0.1, 0.15) is 24.8 Å². The molecule has 0 N–H and O–H groups in total. The lowest BCUT2D eigenvalue weighted by Gasteiger charge is -2.43. The van der Waals surface area contributed by atoms with E-state index in [1.807, 2.05) is 6.07 Å². The molecule has 142 valence electrons. The summed E-state index contributed by atoms with van der Waals surface area (Å²) < 4.78 is 12.9. The zero-order valence-electron chi connectivity index (χ0n) is 15.2. The van der Waals surface area contributed by atoms with E-state index in [1.54, 1.807) is 11.4 Å². The summed E-state index contributed by atoms with van der Waals surface area (Å²) >= 11 is 7.99. The number of ether oxygens (including phenoxy) is 1. The quantitative estimate of drug-likeness (QED) is 0.688. The lowest BCUT2D eigenvalue weighted by atomic mass is 10.0. The molecule has 3 aliphatic rings. The van der Waals surface area contributed by atoms with Gasteiger partial charge in [0.15, 0.2) is 11.4 Å². The predicted molar refractivity (Wildman–Crippen MR) is 115 cm³/mol. The highest BCUT2D eigenvalue weighted by Crippen LogP contribution is 2.68. The van der Waals surface area contributed by atoms with Crippen molar-refractivity contribution in [3.63, 3.8) is 0 Å². The molecule has 3 aliphatic heterocycles. The van der Waals surface area contributed by atoms with E-state index in [-0.39, 0.29) is 0 Å². The monoisotopic (exact) mass is 418 g/mol. The minimum Gasteiger partial charge on any atom is -0.378 e. The summed E-state index contributed by atoms with van der Waals surface area (Å²) in [5.74, 6) is 1.67. The molecule has 1 aromatic carbocycles. The standard InChI is InChI=1S/C19H23N4OPS2/c20-14-17-18-8-4-5-9-23(18)25(26,27-15-16-6-2-1-3-7-16)21-19(17)22-10-12-24-13-11-22/h1-3,6-7H,4-5,8-13,15H2/t25-/m0/s1. The number of hydrogen-bond donors (Lipinski definition) is 0. The lowest BCUT2D eigenvalue weighted by Crippen LogP contribution is -2.44. The van der Waals surface area contributed by atoms with Gasteiger partial charge >= 0.3 is 0 Å². The van der Waals surface area contributed by atoms with Crippen LogP contribution in [-0.4, -0.2) is 48.3 Å². The van der Waals surface area contributed by atoms with Gasteiger partial charge in [-0.3, -0.25) is 0 Å². The third-order valence-corrected chi connectivity index (χ3v) is 11.4. The fraction of sp³-hybridized carbons (Fsp3) is 0.474. The van der Waals surface area contributed by atoms with Gasteiger partial charge in [-0.05, 0) is 36.6 Å². The van der Waals surface area contributed by atoms with Crippen LogP contribution in [-0.2, 0) is 22.3 Å². The number of rotatable bonds is 3. The zero-order valence-corrected chi connectivity index (χ0v) is 17.7. The molecule has 1 aromatic rings. The first kappa shape index (κ1) is 19.0. The molecule has 2 saturated heterocycles. The van der Waals surface area contributed by atoms with Gasteiger partial charge in [0, 0.05) is 31.1 Å². The van der Waals surface area contributed by atoms with Crippen LogP contribution in [0, 0.1) is 11.3 Å². The highest BCUT2D eigenvalue weighted by Gasteiger charge is 2.39. The number of amidine groups is 1. The molecule has 0 aliphatic carbocycles. The van der Waals surface area contributed by atoms with Gasteiger partial charge in [-0.1, -0.05) is 41.7 Å². The summed E-state index contributed by atoms with van der Waals surface area (Å²) in [6, 6.07) is 12.9. The van der Waals surface area contributed by atoms with E-state index in [1.165, 1.54) is 5.56 Å². The molecule has 0 amide bonds. The minimum absolute atomic E-state index is 0.677. The normalized spacial score (nSPS) is 25.7. The van der Waals surface area contributed by atoms with Crippen LogP contribution in [0.25, 0.3) is 0 Å². The molecule has 5 nitrogen and oxygen atoms in total. The van der Waals surface area contributed by atoms with E-state index in [2.05, 4.69) is 39.9 Å². The Morgan fingerprint density at radius 1 is 1.19 bits per heavy atom. The number of nitriles is 1. The Bertz CT molecular complexity index is 843. The van der Waals surface area contributed by atoms with Gasteiger partial charge in [-0.15, -0.1) is 0 Å². The Labute approximate surface area is 169 Å². The highest BCUT2D eigenvalue weighted by atomic mass is 32.9. The van der Waals surface area contributed by atoms with Crippen molar-refractivity contribution < 1.29 is 4.74 Å². The van der Waals surface area contributed by atoms with Gasteiger partial charge in [0.2, 0.25) is 0 Å². The van der Waals surface area contributed by atoms with Gasteiger partial charge in [-0.2, -0.15) is 5.26 Å². The molecule has 27 heavy (non-hydrogen) atoms. The number of fused-ring (bicyclic) bond motifs is 1. The molecule has 0 saturated carbocycles. The largest absolute Gasteiger partial charge is 0.378 e. The lowest BCUT2D eigenvalue weighted by molar-refractivity contribution is 0.0682. The molecule has 1 atom stereocenters. The number of piperidine rings is 1. The summed E-state index contributed by atoms with van der Waals surface area (Å²) in [5.41, 5.74) is 0.926. The van der Waals surface area contributed by atoms with Crippen molar-refractivity contribution in [2.45, 2.75) is 25.0 Å². The first-order valence-corrected chi connectivity index (χ1v) is 13.6. The van der Waals surface area contributed by atoms with Crippen LogP contribution in [0.4, 0.5) is 0 Å². The fourth-order valence-electron chi connectivity index (χ4n) is 3.65. The second kappa shape index (κ2) is 8.36. The van der Waals surface area contributed by atoms with E-state index >= 15 is 0 Å². The van der Waals surface area contributed by atoms with E-state index in [0.29, 0.717) is 13.2 Å². The van der Waals surface area contributed by atoms with Crippen molar-refractivity contribution in [2.24, 2.45) is 4.76 Å². The van der Waals surface area contributed by atoms with Crippen LogP contribution >= 0.6 is 16.9 Å². The number of morpholine rings is 1. The molecule has 4 rings (SSSR count). The third kappa shape index (κ3) is 3.95. The van der Waals surface area contributed by atoms with Gasteiger partial charge < -0.3 is 14.3 Å². The van der Waals surface area contributed by atoms with Crippen molar-refractivity contribution in [1.82, 2.24) is 9.57 Å². The maximum absolute atomic E-state index is 9.91. The Hall–Kier alpha value is -1.32. The topological polar surface area (TPSA) is 51.9 Å². The molecule has 2 fully saturated rings. The molecular weight excluding hydrogens is 395 g/mol. The molecule has 0 aromatic heterocycles. The average molecular weight is 419 g/mol. The van der Waals surface area contributed by atoms with Gasteiger partial charge in [0.05, 0.1) is 13.2 Å². The first-order valence-electron chi connectivity index (χ1n) is 9.34. The van der Waals surface area contributed by atoms with E-state index < -0.39 is 5.54 Å². The number of hydrogen-bond acceptors (Lipinski definition) is 5. The predicted octanol–water partition coefficient (Wildman–Crippen LogP) is 4.15. The number of allylic oxidation sites excluding steroid dienone is 1. The Morgan fingerprint density at radius 2 is 1.96 bits per heavy atom.